The van der Waals surface area contributed by atoms with E-state index in [0.717, 1.165) is 46.7 Å². The number of hydrogen-bond acceptors (Lipinski definition) is 6. The monoisotopic (exact) mass is 345 g/mol. The van der Waals surface area contributed by atoms with Crippen LogP contribution in [0, 0.1) is 6.92 Å². The van der Waals surface area contributed by atoms with Crippen molar-refractivity contribution < 1.29 is 0 Å². The van der Waals surface area contributed by atoms with E-state index in [4.69, 9.17) is 4.98 Å². The molecular weight excluding hydrogens is 326 g/mol. The van der Waals surface area contributed by atoms with Crippen molar-refractivity contribution in [3.05, 3.63) is 28.3 Å². The highest BCUT2D eigenvalue weighted by atomic mass is 32.2. The van der Waals surface area contributed by atoms with Gasteiger partial charge in [0, 0.05) is 35.6 Å². The number of hydrogen-bond donors (Lipinski definition) is 1. The van der Waals surface area contributed by atoms with Gasteiger partial charge in [-0.3, -0.25) is 0 Å². The molecule has 0 aromatic carbocycles. The number of rotatable bonds is 4. The van der Waals surface area contributed by atoms with Crippen molar-refractivity contribution in [3.63, 3.8) is 0 Å². The van der Waals surface area contributed by atoms with Gasteiger partial charge in [0.05, 0.1) is 11.3 Å². The van der Waals surface area contributed by atoms with Crippen LogP contribution in [0.15, 0.2) is 22.1 Å². The summed E-state index contributed by atoms with van der Waals surface area (Å²) in [6, 6.07) is 0. The standard InChI is InChI=1S/C16H19N5S2/c1-11-7-17-14(20-15(11)21-5-3-2-4-6-21)10-23-16-18-12-8-22-9-13(12)19-16/h7-9H,2-6,10H2,1H3,(H,18,19). The molecule has 0 radical (unpaired) electrons. The van der Waals surface area contributed by atoms with Crippen LogP contribution in [0.3, 0.4) is 0 Å². The molecule has 1 aliphatic rings. The fourth-order valence-corrected chi connectivity index (χ4v) is 4.33. The van der Waals surface area contributed by atoms with Gasteiger partial charge in [0.2, 0.25) is 0 Å². The van der Waals surface area contributed by atoms with Crippen molar-refractivity contribution in [3.8, 4) is 0 Å². The first kappa shape index (κ1) is 15.0. The molecule has 3 aromatic heterocycles. The summed E-state index contributed by atoms with van der Waals surface area (Å²) >= 11 is 3.33. The molecule has 4 heterocycles. The first-order chi connectivity index (χ1) is 11.3. The Morgan fingerprint density at radius 1 is 1.22 bits per heavy atom. The number of piperidine rings is 1. The van der Waals surface area contributed by atoms with Gasteiger partial charge in [-0.2, -0.15) is 0 Å². The second kappa shape index (κ2) is 6.49. The molecule has 0 amide bonds. The maximum absolute atomic E-state index is 4.81. The predicted molar refractivity (Wildman–Crippen MR) is 96.4 cm³/mol. The first-order valence-electron chi connectivity index (χ1n) is 7.92. The van der Waals surface area contributed by atoms with Crippen LogP contribution in [0.1, 0.15) is 30.7 Å². The summed E-state index contributed by atoms with van der Waals surface area (Å²) in [5, 5.41) is 5.09. The van der Waals surface area contributed by atoms with Crippen LogP contribution in [-0.2, 0) is 5.75 Å². The molecule has 0 bridgehead atoms. The van der Waals surface area contributed by atoms with E-state index in [2.05, 4.69) is 37.5 Å². The van der Waals surface area contributed by atoms with Crippen LogP contribution >= 0.6 is 23.1 Å². The summed E-state index contributed by atoms with van der Waals surface area (Å²) in [5.74, 6) is 2.72. The average molecular weight is 345 g/mol. The highest BCUT2D eigenvalue weighted by Gasteiger charge is 2.15. The number of aromatic nitrogens is 4. The van der Waals surface area contributed by atoms with E-state index in [9.17, 15) is 0 Å². The van der Waals surface area contributed by atoms with Gasteiger partial charge < -0.3 is 9.88 Å². The predicted octanol–water partition coefficient (Wildman–Crippen LogP) is 4.01. The quantitative estimate of drug-likeness (QED) is 0.724. The molecular formula is C16H19N5S2. The number of thioether (sulfide) groups is 1. The third kappa shape index (κ3) is 3.21. The Bertz CT molecular complexity index is 775. The van der Waals surface area contributed by atoms with Gasteiger partial charge in [-0.05, 0) is 26.2 Å². The molecule has 0 aliphatic carbocycles. The summed E-state index contributed by atoms with van der Waals surface area (Å²) in [4.78, 5) is 19.6. The molecule has 1 saturated heterocycles. The fraction of sp³-hybridized carbons (Fsp3) is 0.438. The SMILES string of the molecule is Cc1cnc(CSc2nc3cscc3[nH]2)nc1N1CCCCC1. The molecule has 1 N–H and O–H groups in total. The van der Waals surface area contributed by atoms with Crippen LogP contribution in [0.2, 0.25) is 0 Å². The summed E-state index contributed by atoms with van der Waals surface area (Å²) in [7, 11) is 0. The van der Waals surface area contributed by atoms with Crippen molar-refractivity contribution in [1.29, 1.82) is 0 Å². The summed E-state index contributed by atoms with van der Waals surface area (Å²) in [6.07, 6.45) is 5.80. The number of fused-ring (bicyclic) bond motifs is 1. The number of aryl methyl sites for hydroxylation is 1. The molecule has 23 heavy (non-hydrogen) atoms. The van der Waals surface area contributed by atoms with Crippen LogP contribution in [0.5, 0.6) is 0 Å². The molecule has 120 valence electrons. The lowest BCUT2D eigenvalue weighted by Crippen LogP contribution is -2.31. The van der Waals surface area contributed by atoms with Gasteiger partial charge in [-0.15, -0.1) is 11.3 Å². The van der Waals surface area contributed by atoms with E-state index in [1.807, 2.05) is 6.20 Å². The Labute approximate surface area is 143 Å². The van der Waals surface area contributed by atoms with Crippen molar-refractivity contribution in [2.24, 2.45) is 0 Å². The molecule has 0 unspecified atom stereocenters. The second-order valence-electron chi connectivity index (χ2n) is 5.84. The van der Waals surface area contributed by atoms with Crippen molar-refractivity contribution in [1.82, 2.24) is 19.9 Å². The highest BCUT2D eigenvalue weighted by molar-refractivity contribution is 7.98. The number of nitrogens with one attached hydrogen (secondary N) is 1. The number of thiophene rings is 1. The number of imidazole rings is 1. The van der Waals surface area contributed by atoms with E-state index in [1.54, 1.807) is 23.1 Å². The topological polar surface area (TPSA) is 57.7 Å². The number of nitrogens with zero attached hydrogens (tertiary/aromatic N) is 4. The third-order valence-corrected chi connectivity index (χ3v) is 5.69. The zero-order chi connectivity index (χ0) is 15.6. The van der Waals surface area contributed by atoms with Gasteiger partial charge >= 0.3 is 0 Å². The Hall–Kier alpha value is -1.60. The molecule has 0 saturated carbocycles. The first-order valence-corrected chi connectivity index (χ1v) is 9.84. The lowest BCUT2D eigenvalue weighted by molar-refractivity contribution is 0.571. The molecule has 3 aromatic rings. The third-order valence-electron chi connectivity index (χ3n) is 4.09. The van der Waals surface area contributed by atoms with Crippen LogP contribution < -0.4 is 4.90 Å². The zero-order valence-corrected chi connectivity index (χ0v) is 14.7. The Balaban J connectivity index is 1.48. The van der Waals surface area contributed by atoms with Gasteiger partial charge in [0.1, 0.15) is 17.2 Å². The lowest BCUT2D eigenvalue weighted by atomic mass is 10.1. The normalized spacial score (nSPS) is 15.4. The van der Waals surface area contributed by atoms with Crippen LogP contribution in [0.25, 0.3) is 11.0 Å². The molecule has 1 fully saturated rings. The van der Waals surface area contributed by atoms with Gasteiger partial charge in [0.25, 0.3) is 0 Å². The molecule has 0 atom stereocenters. The number of aromatic amines is 1. The minimum absolute atomic E-state index is 0.737. The van der Waals surface area contributed by atoms with E-state index in [1.165, 1.54) is 24.8 Å². The average Bonchev–Trinajstić information content (AvgIpc) is 3.16. The van der Waals surface area contributed by atoms with E-state index in [0.29, 0.717) is 0 Å². The maximum atomic E-state index is 4.81. The maximum Gasteiger partial charge on any atom is 0.166 e. The van der Waals surface area contributed by atoms with E-state index < -0.39 is 0 Å². The zero-order valence-electron chi connectivity index (χ0n) is 13.1. The fourth-order valence-electron chi connectivity index (χ4n) is 2.89. The second-order valence-corrected chi connectivity index (χ2v) is 7.55. The summed E-state index contributed by atoms with van der Waals surface area (Å²) < 4.78 is 0. The van der Waals surface area contributed by atoms with Crippen molar-refractivity contribution in [2.75, 3.05) is 18.0 Å². The van der Waals surface area contributed by atoms with Crippen LogP contribution in [-0.4, -0.2) is 33.0 Å². The van der Waals surface area contributed by atoms with Gasteiger partial charge in [-0.25, -0.2) is 15.0 Å². The summed E-state index contributed by atoms with van der Waals surface area (Å²) in [6.45, 7) is 4.32. The molecule has 7 heteroatoms. The van der Waals surface area contributed by atoms with E-state index >= 15 is 0 Å². The van der Waals surface area contributed by atoms with Crippen molar-refractivity contribution in [2.45, 2.75) is 37.1 Å². The number of anilines is 1. The Morgan fingerprint density at radius 3 is 2.91 bits per heavy atom. The van der Waals surface area contributed by atoms with Gasteiger partial charge in [0.15, 0.2) is 5.16 Å². The summed E-state index contributed by atoms with van der Waals surface area (Å²) in [5.41, 5.74) is 3.31. The minimum Gasteiger partial charge on any atom is -0.356 e. The molecule has 4 rings (SSSR count). The highest BCUT2D eigenvalue weighted by Crippen LogP contribution is 2.26. The van der Waals surface area contributed by atoms with Crippen LogP contribution in [0.4, 0.5) is 5.82 Å². The Kier molecular flexibility index (Phi) is 4.22. The molecule has 5 nitrogen and oxygen atoms in total. The Morgan fingerprint density at radius 2 is 2.09 bits per heavy atom. The molecule has 0 spiro atoms. The number of H-pyrrole nitrogens is 1. The largest absolute Gasteiger partial charge is 0.356 e. The van der Waals surface area contributed by atoms with Gasteiger partial charge in [-0.1, -0.05) is 11.8 Å². The van der Waals surface area contributed by atoms with Crippen molar-refractivity contribution >= 4 is 39.9 Å². The minimum atomic E-state index is 0.737. The molecule has 1 aliphatic heterocycles. The smallest absolute Gasteiger partial charge is 0.166 e. The van der Waals surface area contributed by atoms with E-state index in [-0.39, 0.29) is 0 Å². The lowest BCUT2D eigenvalue weighted by Gasteiger charge is -2.29.